The molecule has 6 rings (SSSR count). The van der Waals surface area contributed by atoms with Gasteiger partial charge in [0.25, 0.3) is 0 Å². The van der Waals surface area contributed by atoms with E-state index in [2.05, 4.69) is 78.4 Å². The first kappa shape index (κ1) is 12.3. The van der Waals surface area contributed by atoms with Crippen LogP contribution in [0, 0.1) is 5.41 Å². The summed E-state index contributed by atoms with van der Waals surface area (Å²) in [5.41, 5.74) is 7.27. The minimum Gasteiger partial charge on any atom is -0.352 e. The maximum atomic E-state index is 2.60. The molecule has 0 saturated heterocycles. The van der Waals surface area contributed by atoms with Crippen molar-refractivity contribution in [2.24, 2.45) is 5.41 Å². The zero-order valence-corrected chi connectivity index (χ0v) is 13.1. The maximum absolute atomic E-state index is 2.60. The molecule has 0 spiro atoms. The van der Waals surface area contributed by atoms with E-state index >= 15 is 0 Å². The monoisotopic (exact) mass is 288 g/mol. The Morgan fingerprint density at radius 1 is 1.00 bits per heavy atom. The van der Waals surface area contributed by atoms with Gasteiger partial charge in [0.05, 0.1) is 11.4 Å². The molecule has 4 aliphatic rings. The highest BCUT2D eigenvalue weighted by molar-refractivity contribution is 5.79. The zero-order chi connectivity index (χ0) is 14.9. The Bertz CT molecular complexity index is 807. The van der Waals surface area contributed by atoms with Crippen molar-refractivity contribution in [2.45, 2.75) is 26.1 Å². The fraction of sp³-hybridized carbons (Fsp3) is 0.300. The van der Waals surface area contributed by atoms with Crippen molar-refractivity contribution >= 4 is 17.5 Å². The van der Waals surface area contributed by atoms with Gasteiger partial charge in [-0.25, -0.2) is 0 Å². The molecular formula is C20H20N2. The second-order valence-corrected chi connectivity index (χ2v) is 7.11. The number of fused-ring (bicyclic) bond motifs is 1. The summed E-state index contributed by atoms with van der Waals surface area (Å²) < 4.78 is 0. The van der Waals surface area contributed by atoms with Crippen molar-refractivity contribution in [1.29, 1.82) is 0 Å². The van der Waals surface area contributed by atoms with Crippen LogP contribution in [-0.2, 0) is 13.0 Å². The van der Waals surface area contributed by atoms with Crippen molar-refractivity contribution in [3.05, 3.63) is 65.2 Å². The van der Waals surface area contributed by atoms with Crippen molar-refractivity contribution < 1.29 is 0 Å². The first-order valence-corrected chi connectivity index (χ1v) is 8.06. The van der Waals surface area contributed by atoms with E-state index in [-0.39, 0.29) is 5.41 Å². The normalized spacial score (nSPS) is 27.5. The molecule has 0 aromatic heterocycles. The summed E-state index contributed by atoms with van der Waals surface area (Å²) in [6.07, 6.45) is 6.31. The third-order valence-corrected chi connectivity index (χ3v) is 5.65. The van der Waals surface area contributed by atoms with Crippen LogP contribution in [0.25, 0.3) is 6.08 Å². The first-order valence-electron chi connectivity index (χ1n) is 8.06. The quantitative estimate of drug-likeness (QED) is 0.721. The Kier molecular flexibility index (Phi) is 2.21. The second-order valence-electron chi connectivity index (χ2n) is 7.11. The Labute approximate surface area is 131 Å². The van der Waals surface area contributed by atoms with E-state index in [0.717, 1.165) is 13.0 Å². The zero-order valence-electron chi connectivity index (χ0n) is 13.1. The van der Waals surface area contributed by atoms with Crippen LogP contribution in [0.3, 0.4) is 0 Å². The van der Waals surface area contributed by atoms with E-state index in [1.807, 2.05) is 0 Å². The van der Waals surface area contributed by atoms with Gasteiger partial charge in [0.1, 0.15) is 6.17 Å². The van der Waals surface area contributed by atoms with Crippen LogP contribution >= 0.6 is 0 Å². The molecule has 1 aliphatic carbocycles. The molecule has 2 unspecified atom stereocenters. The first-order chi connectivity index (χ1) is 10.7. The van der Waals surface area contributed by atoms with Gasteiger partial charge in [-0.05, 0) is 35.2 Å². The number of para-hydroxylation sites is 2. The lowest BCUT2D eigenvalue weighted by atomic mass is 9.72. The van der Waals surface area contributed by atoms with Crippen molar-refractivity contribution in [2.75, 3.05) is 16.8 Å². The van der Waals surface area contributed by atoms with Crippen molar-refractivity contribution in [3.8, 4) is 0 Å². The van der Waals surface area contributed by atoms with Gasteiger partial charge >= 0.3 is 0 Å². The molecule has 3 aliphatic heterocycles. The van der Waals surface area contributed by atoms with E-state index in [4.69, 9.17) is 0 Å². The predicted octanol–water partition coefficient (Wildman–Crippen LogP) is 4.06. The van der Waals surface area contributed by atoms with E-state index in [9.17, 15) is 0 Å². The van der Waals surface area contributed by atoms with Gasteiger partial charge in [0.15, 0.2) is 0 Å². The Morgan fingerprint density at radius 2 is 1.77 bits per heavy atom. The molecule has 4 bridgehead atoms. The summed E-state index contributed by atoms with van der Waals surface area (Å²) in [4.78, 5) is 5.07. The standard InChI is InChI=1S/C20H20N2/c1-20-11-10-16-14(12-20)6-5-7-15(16)13-22-18-9-4-3-8-17(18)21(2)19(20)22/h3-11,19H,12-13H2,1-2H3. The number of anilines is 2. The lowest BCUT2D eigenvalue weighted by Gasteiger charge is -2.47. The minimum absolute atomic E-state index is 0.139. The second kappa shape index (κ2) is 3.95. The summed E-state index contributed by atoms with van der Waals surface area (Å²) in [7, 11) is 2.24. The molecule has 0 amide bonds. The number of rotatable bonds is 0. The molecule has 0 N–H and O–H groups in total. The molecule has 2 heteroatoms. The van der Waals surface area contributed by atoms with Crippen LogP contribution < -0.4 is 9.80 Å². The Hall–Kier alpha value is -2.22. The topological polar surface area (TPSA) is 6.48 Å². The van der Waals surface area contributed by atoms with Gasteiger partial charge in [0, 0.05) is 19.0 Å². The summed E-state index contributed by atoms with van der Waals surface area (Å²) in [5, 5.41) is 0. The highest BCUT2D eigenvalue weighted by Crippen LogP contribution is 2.50. The molecular weight excluding hydrogens is 268 g/mol. The molecule has 0 saturated carbocycles. The number of benzene rings is 2. The van der Waals surface area contributed by atoms with Gasteiger partial charge in [-0.15, -0.1) is 0 Å². The maximum Gasteiger partial charge on any atom is 0.111 e. The number of hydrogen-bond acceptors (Lipinski definition) is 2. The van der Waals surface area contributed by atoms with Gasteiger partial charge < -0.3 is 9.80 Å². The Morgan fingerprint density at radius 3 is 2.64 bits per heavy atom. The molecule has 2 atom stereocenters. The van der Waals surface area contributed by atoms with Gasteiger partial charge in [-0.2, -0.15) is 0 Å². The highest BCUT2D eigenvalue weighted by atomic mass is 15.4. The fourth-order valence-electron chi connectivity index (χ4n) is 4.72. The van der Waals surface area contributed by atoms with Crippen LogP contribution in [0.4, 0.5) is 11.4 Å². The van der Waals surface area contributed by atoms with Gasteiger partial charge in [-0.3, -0.25) is 0 Å². The molecule has 2 aromatic rings. The largest absolute Gasteiger partial charge is 0.352 e. The van der Waals surface area contributed by atoms with Crippen LogP contribution in [0.5, 0.6) is 0 Å². The van der Waals surface area contributed by atoms with Crippen LogP contribution in [0.2, 0.25) is 0 Å². The molecule has 110 valence electrons. The molecule has 3 heterocycles. The average Bonchev–Trinajstić information content (AvgIpc) is 2.79. The molecule has 0 radical (unpaired) electrons. The third-order valence-electron chi connectivity index (χ3n) is 5.65. The Balaban J connectivity index is 1.78. The van der Waals surface area contributed by atoms with Crippen molar-refractivity contribution in [1.82, 2.24) is 0 Å². The van der Waals surface area contributed by atoms with Crippen LogP contribution in [-0.4, -0.2) is 13.2 Å². The van der Waals surface area contributed by atoms with E-state index in [1.165, 1.54) is 28.1 Å². The summed E-state index contributed by atoms with van der Waals surface area (Å²) >= 11 is 0. The molecule has 22 heavy (non-hydrogen) atoms. The van der Waals surface area contributed by atoms with E-state index in [1.54, 1.807) is 0 Å². The smallest absolute Gasteiger partial charge is 0.111 e. The molecule has 2 aromatic carbocycles. The number of nitrogens with zero attached hydrogens (tertiary/aromatic N) is 2. The third kappa shape index (κ3) is 1.40. The highest BCUT2D eigenvalue weighted by Gasteiger charge is 2.47. The summed E-state index contributed by atoms with van der Waals surface area (Å²) in [5.74, 6) is 0. The average molecular weight is 288 g/mol. The molecule has 2 nitrogen and oxygen atoms in total. The minimum atomic E-state index is 0.139. The fourth-order valence-corrected chi connectivity index (χ4v) is 4.72. The number of hydrogen-bond donors (Lipinski definition) is 0. The van der Waals surface area contributed by atoms with E-state index in [0.29, 0.717) is 6.17 Å². The van der Waals surface area contributed by atoms with E-state index < -0.39 is 0 Å². The predicted molar refractivity (Wildman–Crippen MR) is 92.1 cm³/mol. The van der Waals surface area contributed by atoms with Crippen LogP contribution in [0.15, 0.2) is 48.5 Å². The molecule has 0 fully saturated rings. The SMILES string of the molecule is CN1c2ccccc2N2Cc3cccc4c3C=CC(C)(C4)C12. The lowest BCUT2D eigenvalue weighted by molar-refractivity contribution is 0.312. The lowest BCUT2D eigenvalue weighted by Crippen LogP contribution is -2.54. The van der Waals surface area contributed by atoms with Gasteiger partial charge in [0.2, 0.25) is 0 Å². The summed E-state index contributed by atoms with van der Waals surface area (Å²) in [6.45, 7) is 3.40. The van der Waals surface area contributed by atoms with Crippen LogP contribution in [0.1, 0.15) is 23.6 Å². The van der Waals surface area contributed by atoms with Gasteiger partial charge in [-0.1, -0.05) is 49.4 Å². The summed E-state index contributed by atoms with van der Waals surface area (Å²) in [6, 6.07) is 15.6. The van der Waals surface area contributed by atoms with Crippen molar-refractivity contribution in [3.63, 3.8) is 0 Å².